The number of allylic oxidation sites excluding steroid dienone is 1. The largest absolute Gasteiger partial charge is 0.322 e. The Morgan fingerprint density at radius 1 is 1.08 bits per heavy atom. The molecule has 130 valence electrons. The van der Waals surface area contributed by atoms with Gasteiger partial charge in [0.1, 0.15) is 0 Å². The van der Waals surface area contributed by atoms with E-state index < -0.39 is 0 Å². The maximum Gasteiger partial charge on any atom is 0.0501 e. The van der Waals surface area contributed by atoms with Crippen LogP contribution in [0.3, 0.4) is 0 Å². The first kappa shape index (κ1) is 17.8. The van der Waals surface area contributed by atoms with Crippen LogP contribution in [0.2, 0.25) is 0 Å². The third kappa shape index (κ3) is 3.65. The van der Waals surface area contributed by atoms with Gasteiger partial charge in [-0.25, -0.2) is 0 Å². The number of hydrogen-bond acceptors (Lipinski definition) is 0. The molecule has 1 aromatic heterocycles. The molecule has 0 aliphatic rings. The Morgan fingerprint density at radius 3 is 2.50 bits per heavy atom. The van der Waals surface area contributed by atoms with Crippen molar-refractivity contribution in [1.82, 2.24) is 4.57 Å². The molecule has 0 amide bonds. The number of rotatable bonds is 6. The molecule has 1 heterocycles. The fourth-order valence-corrected chi connectivity index (χ4v) is 3.22. The lowest BCUT2D eigenvalue weighted by Crippen LogP contribution is -1.91. The normalized spacial score (nSPS) is 10.5. The summed E-state index contributed by atoms with van der Waals surface area (Å²) in [7, 11) is 0. The van der Waals surface area contributed by atoms with Crippen LogP contribution in [0.1, 0.15) is 43.4 Å². The van der Waals surface area contributed by atoms with Gasteiger partial charge in [-0.2, -0.15) is 0 Å². The lowest BCUT2D eigenvalue weighted by Gasteiger charge is -2.07. The van der Waals surface area contributed by atoms with Crippen LogP contribution in [-0.4, -0.2) is 4.57 Å². The van der Waals surface area contributed by atoms with Gasteiger partial charge in [0, 0.05) is 23.6 Å². The highest BCUT2D eigenvalue weighted by molar-refractivity contribution is 5.72. The Bertz CT molecular complexity index is 949. The number of nitrogens with zero attached hydrogens (tertiary/aromatic N) is 1. The molecule has 3 rings (SSSR count). The monoisotopic (exact) mass is 339 g/mol. The van der Waals surface area contributed by atoms with Crippen LogP contribution in [-0.2, 0) is 6.42 Å². The van der Waals surface area contributed by atoms with Gasteiger partial charge in [-0.1, -0.05) is 69.2 Å². The lowest BCUT2D eigenvalue weighted by atomic mass is 10.0. The van der Waals surface area contributed by atoms with Crippen molar-refractivity contribution in [1.29, 1.82) is 0 Å². The van der Waals surface area contributed by atoms with E-state index in [9.17, 15) is 0 Å². The van der Waals surface area contributed by atoms with Crippen molar-refractivity contribution in [3.05, 3.63) is 84.2 Å². The molecule has 0 unspecified atom stereocenters. The van der Waals surface area contributed by atoms with Gasteiger partial charge in [0.25, 0.3) is 0 Å². The zero-order valence-corrected chi connectivity index (χ0v) is 15.6. The van der Waals surface area contributed by atoms with E-state index in [2.05, 4.69) is 85.6 Å². The maximum atomic E-state index is 5.77. The highest BCUT2D eigenvalue weighted by Gasteiger charge is 2.09. The van der Waals surface area contributed by atoms with Gasteiger partial charge in [0.05, 0.1) is 5.56 Å². The number of aromatic nitrogens is 1. The molecule has 0 N–H and O–H groups in total. The van der Waals surface area contributed by atoms with E-state index in [4.69, 9.17) is 6.42 Å². The molecule has 0 saturated heterocycles. The molecule has 0 fully saturated rings. The molecule has 26 heavy (non-hydrogen) atoms. The predicted molar refractivity (Wildman–Crippen MR) is 112 cm³/mol. The first-order valence-electron chi connectivity index (χ1n) is 9.22. The molecular weight excluding hydrogens is 314 g/mol. The van der Waals surface area contributed by atoms with Crippen molar-refractivity contribution in [3.8, 4) is 29.2 Å². The molecule has 0 aliphatic heterocycles. The van der Waals surface area contributed by atoms with Gasteiger partial charge < -0.3 is 4.57 Å². The molecule has 0 radical (unpaired) electrons. The van der Waals surface area contributed by atoms with E-state index in [0.717, 1.165) is 36.1 Å². The molecule has 1 heteroatoms. The van der Waals surface area contributed by atoms with Crippen LogP contribution >= 0.6 is 0 Å². The van der Waals surface area contributed by atoms with Crippen LogP contribution in [0.4, 0.5) is 0 Å². The molecule has 0 bridgehead atoms. The molecule has 0 spiro atoms. The second-order valence-electron chi connectivity index (χ2n) is 6.59. The summed E-state index contributed by atoms with van der Waals surface area (Å²) in [6.07, 6.45) is 13.1. The van der Waals surface area contributed by atoms with E-state index in [1.807, 2.05) is 6.20 Å². The summed E-state index contributed by atoms with van der Waals surface area (Å²) in [6.45, 7) is 8.51. The van der Waals surface area contributed by atoms with Crippen molar-refractivity contribution in [3.63, 3.8) is 0 Å². The van der Waals surface area contributed by atoms with Gasteiger partial charge in [-0.3, -0.25) is 0 Å². The third-order valence-corrected chi connectivity index (χ3v) is 4.75. The summed E-state index contributed by atoms with van der Waals surface area (Å²) in [5.74, 6) is 2.83. The Labute approximate surface area is 157 Å². The predicted octanol–water partition coefficient (Wildman–Crippen LogP) is 6.50. The summed E-state index contributed by atoms with van der Waals surface area (Å²) in [4.78, 5) is 0. The zero-order valence-electron chi connectivity index (χ0n) is 15.6. The zero-order chi connectivity index (χ0) is 18.5. The average Bonchev–Trinajstić information content (AvgIpc) is 3.13. The highest BCUT2D eigenvalue weighted by atomic mass is 14.9. The van der Waals surface area contributed by atoms with Crippen molar-refractivity contribution in [2.24, 2.45) is 0 Å². The van der Waals surface area contributed by atoms with E-state index in [0.29, 0.717) is 0 Å². The van der Waals surface area contributed by atoms with E-state index in [-0.39, 0.29) is 0 Å². The van der Waals surface area contributed by atoms with Crippen molar-refractivity contribution < 1.29 is 0 Å². The Hall–Kier alpha value is -2.98. The Morgan fingerprint density at radius 2 is 1.85 bits per heavy atom. The molecule has 3 aromatic rings. The van der Waals surface area contributed by atoms with E-state index in [1.54, 1.807) is 0 Å². The first-order valence-corrected chi connectivity index (χ1v) is 9.22. The molecular formula is C25H25N. The average molecular weight is 339 g/mol. The minimum Gasteiger partial charge on any atom is -0.322 e. The minimum absolute atomic E-state index is 0.915. The summed E-state index contributed by atoms with van der Waals surface area (Å²) in [5, 5.41) is 0. The number of hydrogen-bond donors (Lipinski definition) is 0. The van der Waals surface area contributed by atoms with Crippen molar-refractivity contribution in [2.75, 3.05) is 0 Å². The molecule has 0 saturated carbocycles. The van der Waals surface area contributed by atoms with E-state index >= 15 is 0 Å². The molecule has 0 atom stereocenters. The van der Waals surface area contributed by atoms with Crippen LogP contribution < -0.4 is 0 Å². The van der Waals surface area contributed by atoms with Crippen molar-refractivity contribution >= 4 is 5.57 Å². The minimum atomic E-state index is 0.915. The fourth-order valence-electron chi connectivity index (χ4n) is 3.22. The number of benzene rings is 2. The second kappa shape index (κ2) is 7.93. The van der Waals surface area contributed by atoms with Crippen molar-refractivity contribution in [2.45, 2.75) is 33.1 Å². The summed E-state index contributed by atoms with van der Waals surface area (Å²) in [5.41, 5.74) is 8.00. The van der Waals surface area contributed by atoms with Gasteiger partial charge in [-0.15, -0.1) is 6.42 Å². The number of terminal acetylenes is 1. The van der Waals surface area contributed by atoms with Gasteiger partial charge in [0.2, 0.25) is 0 Å². The highest BCUT2D eigenvalue weighted by Crippen LogP contribution is 2.28. The van der Waals surface area contributed by atoms with Crippen LogP contribution in [0.15, 0.2) is 67.5 Å². The maximum absolute atomic E-state index is 5.77. The lowest BCUT2D eigenvalue weighted by molar-refractivity contribution is 0.975. The van der Waals surface area contributed by atoms with Gasteiger partial charge >= 0.3 is 0 Å². The number of aryl methyl sites for hydroxylation is 1. The Balaban J connectivity index is 1.96. The summed E-state index contributed by atoms with van der Waals surface area (Å²) < 4.78 is 2.11. The van der Waals surface area contributed by atoms with Gasteiger partial charge in [-0.05, 0) is 47.2 Å². The Kier molecular flexibility index (Phi) is 5.44. The summed E-state index contributed by atoms with van der Waals surface area (Å²) in [6, 6.07) is 17.1. The standard InChI is InChI=1S/C25H25N/c1-5-9-19(4)22-12-14-24(15-13-22)26-17-21(7-3)25(18-26)23-11-8-10-20(6-2)16-23/h3,8,10-18H,4-6,9H2,1-2H3. The van der Waals surface area contributed by atoms with E-state index in [1.165, 1.54) is 22.3 Å². The quantitative estimate of drug-likeness (QED) is 0.452. The topological polar surface area (TPSA) is 4.93 Å². The first-order chi connectivity index (χ1) is 12.7. The summed E-state index contributed by atoms with van der Waals surface area (Å²) >= 11 is 0. The molecule has 0 aliphatic carbocycles. The third-order valence-electron chi connectivity index (χ3n) is 4.75. The van der Waals surface area contributed by atoms with Crippen LogP contribution in [0.25, 0.3) is 22.4 Å². The SMILES string of the molecule is C#Cc1cn(-c2ccc(C(=C)CCC)cc2)cc1-c1cccc(CC)c1. The van der Waals surface area contributed by atoms with Gasteiger partial charge in [0.15, 0.2) is 0 Å². The second-order valence-corrected chi connectivity index (χ2v) is 6.59. The smallest absolute Gasteiger partial charge is 0.0501 e. The van der Waals surface area contributed by atoms with Crippen LogP contribution in [0.5, 0.6) is 0 Å². The molecule has 1 nitrogen and oxygen atoms in total. The van der Waals surface area contributed by atoms with Crippen LogP contribution in [0, 0.1) is 12.3 Å². The fraction of sp³-hybridized carbons (Fsp3) is 0.200. The molecule has 2 aromatic carbocycles.